The number of rotatable bonds is 12. The summed E-state index contributed by atoms with van der Waals surface area (Å²) >= 11 is 6.06. The van der Waals surface area contributed by atoms with Gasteiger partial charge in [0.1, 0.15) is 11.4 Å². The average Bonchev–Trinajstić information content (AvgIpc) is 3.12. The Kier molecular flexibility index (Phi) is 9.71. The van der Waals surface area contributed by atoms with E-state index in [4.69, 9.17) is 30.9 Å². The van der Waals surface area contributed by atoms with Crippen LogP contribution >= 0.6 is 11.6 Å². The molecule has 0 unspecified atom stereocenters. The number of aliphatic hydroxyl groups is 1. The fourth-order valence-electron chi connectivity index (χ4n) is 3.64. The number of benzene rings is 2. The Bertz CT molecular complexity index is 1050. The Morgan fingerprint density at radius 1 is 1.09 bits per heavy atom. The quantitative estimate of drug-likeness (QED) is 0.370. The molecule has 3 rings (SSSR count). The molecule has 0 bridgehead atoms. The number of aliphatic hydroxyl groups excluding tert-OH is 1. The Labute approximate surface area is 213 Å². The van der Waals surface area contributed by atoms with Crippen LogP contribution in [0.15, 0.2) is 54.6 Å². The predicted molar refractivity (Wildman–Crippen MR) is 139 cm³/mol. The zero-order chi connectivity index (χ0) is 25.4. The van der Waals surface area contributed by atoms with Crippen molar-refractivity contribution in [3.8, 4) is 22.9 Å². The zero-order valence-corrected chi connectivity index (χ0v) is 22.0. The molecule has 8 heteroatoms. The van der Waals surface area contributed by atoms with Gasteiger partial charge in [-0.2, -0.15) is 5.10 Å². The second kappa shape index (κ2) is 12.5. The molecule has 1 heterocycles. The first-order valence-electron chi connectivity index (χ1n) is 11.7. The molecule has 0 fully saturated rings. The summed E-state index contributed by atoms with van der Waals surface area (Å²) in [5.41, 5.74) is 2.43. The van der Waals surface area contributed by atoms with E-state index in [0.717, 1.165) is 16.8 Å². The molecule has 0 aliphatic carbocycles. The summed E-state index contributed by atoms with van der Waals surface area (Å²) in [5.74, 6) is 1.30. The van der Waals surface area contributed by atoms with Crippen molar-refractivity contribution < 1.29 is 19.3 Å². The fraction of sp³-hybridized carbons (Fsp3) is 0.444. The third-order valence-corrected chi connectivity index (χ3v) is 5.59. The SMILES string of the molecule is COCCN(Cc1c(-c2ccccc2)nn(C)c1Oc1ccc(Cl)cc1)C[C@H](O)COC(C)(C)C. The fourth-order valence-corrected chi connectivity index (χ4v) is 3.77. The molecule has 1 N–H and O–H groups in total. The van der Waals surface area contributed by atoms with Crippen LogP contribution in [-0.4, -0.2) is 64.9 Å². The van der Waals surface area contributed by atoms with Gasteiger partial charge in [-0.1, -0.05) is 41.9 Å². The maximum Gasteiger partial charge on any atom is 0.222 e. The molecule has 2 aromatic carbocycles. The van der Waals surface area contributed by atoms with Gasteiger partial charge >= 0.3 is 0 Å². The first kappa shape index (κ1) is 27.2. The highest BCUT2D eigenvalue weighted by atomic mass is 35.5. The van der Waals surface area contributed by atoms with Gasteiger partial charge in [-0.05, 0) is 45.0 Å². The van der Waals surface area contributed by atoms with Crippen LogP contribution in [0.3, 0.4) is 0 Å². The van der Waals surface area contributed by atoms with Crippen LogP contribution in [0.5, 0.6) is 11.6 Å². The number of ether oxygens (including phenoxy) is 3. The van der Waals surface area contributed by atoms with Crippen LogP contribution in [0.2, 0.25) is 5.02 Å². The molecule has 7 nitrogen and oxygen atoms in total. The molecule has 1 atom stereocenters. The molecule has 0 amide bonds. The first-order valence-corrected chi connectivity index (χ1v) is 12.1. The van der Waals surface area contributed by atoms with E-state index in [0.29, 0.717) is 42.9 Å². The van der Waals surface area contributed by atoms with Crippen molar-refractivity contribution in [3.05, 3.63) is 65.2 Å². The lowest BCUT2D eigenvalue weighted by Crippen LogP contribution is -2.38. The molecule has 0 spiro atoms. The summed E-state index contributed by atoms with van der Waals surface area (Å²) < 4.78 is 19.2. The van der Waals surface area contributed by atoms with E-state index in [-0.39, 0.29) is 12.2 Å². The standard InChI is InChI=1S/C27H36ClN3O4/c1-27(2,3)34-19-22(32)17-31(15-16-33-5)18-24-25(20-9-7-6-8-10-20)29-30(4)26(24)35-23-13-11-21(28)12-14-23/h6-14,22,32H,15-19H2,1-5H3/t22-/m0/s1. The van der Waals surface area contributed by atoms with Crippen LogP contribution < -0.4 is 4.74 Å². The number of methoxy groups -OCH3 is 1. The summed E-state index contributed by atoms with van der Waals surface area (Å²) in [6.45, 7) is 8.27. The van der Waals surface area contributed by atoms with Gasteiger partial charge < -0.3 is 19.3 Å². The minimum Gasteiger partial charge on any atom is -0.439 e. The van der Waals surface area contributed by atoms with Crippen molar-refractivity contribution in [1.29, 1.82) is 0 Å². The third-order valence-electron chi connectivity index (χ3n) is 5.33. The van der Waals surface area contributed by atoms with Gasteiger partial charge in [0.15, 0.2) is 0 Å². The Morgan fingerprint density at radius 2 is 1.77 bits per heavy atom. The molecular weight excluding hydrogens is 466 g/mol. The second-order valence-corrected chi connectivity index (χ2v) is 9.92. The van der Waals surface area contributed by atoms with Crippen molar-refractivity contribution in [3.63, 3.8) is 0 Å². The molecule has 0 saturated heterocycles. The number of hydrogen-bond acceptors (Lipinski definition) is 6. The van der Waals surface area contributed by atoms with Gasteiger partial charge in [0.2, 0.25) is 5.88 Å². The molecule has 0 radical (unpaired) electrons. The van der Waals surface area contributed by atoms with Crippen LogP contribution in [0.25, 0.3) is 11.3 Å². The van der Waals surface area contributed by atoms with Crippen molar-refractivity contribution in [2.45, 2.75) is 39.0 Å². The van der Waals surface area contributed by atoms with E-state index in [2.05, 4.69) is 4.90 Å². The third kappa shape index (κ3) is 8.33. The van der Waals surface area contributed by atoms with Gasteiger partial charge in [-0.25, -0.2) is 4.68 Å². The first-order chi connectivity index (χ1) is 16.7. The van der Waals surface area contributed by atoms with Gasteiger partial charge in [-0.3, -0.25) is 4.90 Å². The molecule has 0 aliphatic rings. The largest absolute Gasteiger partial charge is 0.439 e. The van der Waals surface area contributed by atoms with Gasteiger partial charge in [0.05, 0.1) is 30.5 Å². The topological polar surface area (TPSA) is 69.0 Å². The van der Waals surface area contributed by atoms with Crippen molar-refractivity contribution in [1.82, 2.24) is 14.7 Å². The second-order valence-electron chi connectivity index (χ2n) is 9.48. The van der Waals surface area contributed by atoms with E-state index < -0.39 is 6.10 Å². The number of hydrogen-bond donors (Lipinski definition) is 1. The molecule has 0 aliphatic heterocycles. The van der Waals surface area contributed by atoms with E-state index in [9.17, 15) is 5.11 Å². The monoisotopic (exact) mass is 501 g/mol. The van der Waals surface area contributed by atoms with Crippen LogP contribution in [-0.2, 0) is 23.1 Å². The summed E-state index contributed by atoms with van der Waals surface area (Å²) in [6, 6.07) is 17.3. The molecule has 190 valence electrons. The zero-order valence-electron chi connectivity index (χ0n) is 21.2. The van der Waals surface area contributed by atoms with E-state index in [1.54, 1.807) is 23.9 Å². The minimum absolute atomic E-state index is 0.250. The number of halogens is 1. The smallest absolute Gasteiger partial charge is 0.222 e. The van der Waals surface area contributed by atoms with E-state index in [1.807, 2.05) is 70.3 Å². The summed E-state index contributed by atoms with van der Waals surface area (Å²) in [6.07, 6.45) is -0.649. The lowest BCUT2D eigenvalue weighted by Gasteiger charge is -2.27. The number of aromatic nitrogens is 2. The highest BCUT2D eigenvalue weighted by Crippen LogP contribution is 2.34. The lowest BCUT2D eigenvalue weighted by molar-refractivity contribution is -0.0576. The van der Waals surface area contributed by atoms with Gasteiger partial charge in [0, 0.05) is 44.4 Å². The molecular formula is C27H36ClN3O4. The van der Waals surface area contributed by atoms with Crippen molar-refractivity contribution in [2.75, 3.05) is 33.4 Å². The molecule has 35 heavy (non-hydrogen) atoms. The number of aryl methyl sites for hydroxylation is 1. The van der Waals surface area contributed by atoms with E-state index >= 15 is 0 Å². The lowest BCUT2D eigenvalue weighted by atomic mass is 10.1. The summed E-state index contributed by atoms with van der Waals surface area (Å²) in [5, 5.41) is 16.1. The van der Waals surface area contributed by atoms with Crippen molar-refractivity contribution >= 4 is 11.6 Å². The summed E-state index contributed by atoms with van der Waals surface area (Å²) in [4.78, 5) is 2.14. The predicted octanol–water partition coefficient (Wildman–Crippen LogP) is 5.16. The Morgan fingerprint density at radius 3 is 2.40 bits per heavy atom. The molecule has 0 saturated carbocycles. The van der Waals surface area contributed by atoms with Crippen LogP contribution in [0, 0.1) is 0 Å². The van der Waals surface area contributed by atoms with Gasteiger partial charge in [0.25, 0.3) is 0 Å². The Balaban J connectivity index is 1.92. The summed E-state index contributed by atoms with van der Waals surface area (Å²) in [7, 11) is 3.54. The highest BCUT2D eigenvalue weighted by Gasteiger charge is 2.24. The van der Waals surface area contributed by atoms with Crippen LogP contribution in [0.4, 0.5) is 0 Å². The number of nitrogens with zero attached hydrogens (tertiary/aromatic N) is 3. The van der Waals surface area contributed by atoms with Gasteiger partial charge in [-0.15, -0.1) is 0 Å². The normalized spacial score (nSPS) is 12.8. The van der Waals surface area contributed by atoms with E-state index in [1.165, 1.54) is 0 Å². The maximum absolute atomic E-state index is 10.7. The van der Waals surface area contributed by atoms with Crippen LogP contribution in [0.1, 0.15) is 26.3 Å². The average molecular weight is 502 g/mol. The Hall–Kier alpha value is -2.42. The molecule has 3 aromatic rings. The van der Waals surface area contributed by atoms with Crippen molar-refractivity contribution in [2.24, 2.45) is 7.05 Å². The maximum atomic E-state index is 10.7. The molecule has 1 aromatic heterocycles. The minimum atomic E-state index is -0.649. The highest BCUT2D eigenvalue weighted by molar-refractivity contribution is 6.30.